The predicted octanol–water partition coefficient (Wildman–Crippen LogP) is 1.17. The summed E-state index contributed by atoms with van der Waals surface area (Å²) in [6.07, 6.45) is 1.87. The maximum Gasteiger partial charge on any atom is 0.220 e. The fourth-order valence-corrected chi connectivity index (χ4v) is 0.723. The minimum Gasteiger partial charge on any atom is -0.340 e. The quantitative estimate of drug-likeness (QED) is 0.329. The molecule has 1 aliphatic heterocycles. The SMILES string of the molecule is CC1=CCOC1(C)OO. The molecule has 9 heavy (non-hydrogen) atoms. The van der Waals surface area contributed by atoms with Crippen LogP contribution in [0.5, 0.6) is 0 Å². The Bertz CT molecular complexity index is 141. The van der Waals surface area contributed by atoms with Crippen molar-refractivity contribution in [2.75, 3.05) is 6.61 Å². The highest BCUT2D eigenvalue weighted by atomic mass is 17.1. The van der Waals surface area contributed by atoms with Crippen molar-refractivity contribution in [2.24, 2.45) is 0 Å². The van der Waals surface area contributed by atoms with E-state index in [2.05, 4.69) is 4.89 Å². The molecule has 3 nitrogen and oxygen atoms in total. The highest BCUT2D eigenvalue weighted by molar-refractivity contribution is 5.13. The Hall–Kier alpha value is -0.380. The molecule has 52 valence electrons. The van der Waals surface area contributed by atoms with Gasteiger partial charge < -0.3 is 4.74 Å². The van der Waals surface area contributed by atoms with Gasteiger partial charge in [-0.2, -0.15) is 4.89 Å². The molecular formula is C6H10O3. The van der Waals surface area contributed by atoms with Crippen LogP contribution in [0.25, 0.3) is 0 Å². The van der Waals surface area contributed by atoms with Gasteiger partial charge in [0.1, 0.15) is 0 Å². The van der Waals surface area contributed by atoms with Crippen LogP contribution in [0.15, 0.2) is 11.6 Å². The van der Waals surface area contributed by atoms with Gasteiger partial charge in [0.05, 0.1) is 6.61 Å². The van der Waals surface area contributed by atoms with E-state index in [1.54, 1.807) is 6.92 Å². The summed E-state index contributed by atoms with van der Waals surface area (Å²) in [6.45, 7) is 4.04. The highest BCUT2D eigenvalue weighted by Gasteiger charge is 2.32. The van der Waals surface area contributed by atoms with Gasteiger partial charge >= 0.3 is 0 Å². The topological polar surface area (TPSA) is 38.7 Å². The predicted molar refractivity (Wildman–Crippen MR) is 31.8 cm³/mol. The van der Waals surface area contributed by atoms with Crippen LogP contribution in [0, 0.1) is 0 Å². The highest BCUT2D eigenvalue weighted by Crippen LogP contribution is 2.26. The van der Waals surface area contributed by atoms with Crippen molar-refractivity contribution in [2.45, 2.75) is 19.6 Å². The van der Waals surface area contributed by atoms with E-state index < -0.39 is 5.79 Å². The Kier molecular flexibility index (Phi) is 1.57. The van der Waals surface area contributed by atoms with Crippen LogP contribution < -0.4 is 0 Å². The van der Waals surface area contributed by atoms with Gasteiger partial charge in [-0.15, -0.1) is 0 Å². The van der Waals surface area contributed by atoms with Gasteiger partial charge in [0.25, 0.3) is 0 Å². The molecule has 0 aromatic rings. The Morgan fingerprint density at radius 3 is 2.78 bits per heavy atom. The van der Waals surface area contributed by atoms with Crippen LogP contribution >= 0.6 is 0 Å². The van der Waals surface area contributed by atoms with E-state index in [4.69, 9.17) is 9.99 Å². The second-order valence-electron chi connectivity index (χ2n) is 2.24. The lowest BCUT2D eigenvalue weighted by Gasteiger charge is -2.20. The summed E-state index contributed by atoms with van der Waals surface area (Å²) in [4.78, 5) is 4.12. The van der Waals surface area contributed by atoms with E-state index in [9.17, 15) is 0 Å². The van der Waals surface area contributed by atoms with Gasteiger partial charge in [0.2, 0.25) is 5.79 Å². The molecule has 0 amide bonds. The third-order valence-electron chi connectivity index (χ3n) is 1.64. The summed E-state index contributed by atoms with van der Waals surface area (Å²) in [6, 6.07) is 0. The van der Waals surface area contributed by atoms with E-state index in [0.29, 0.717) is 6.61 Å². The van der Waals surface area contributed by atoms with Gasteiger partial charge in [0.15, 0.2) is 0 Å². The van der Waals surface area contributed by atoms with E-state index >= 15 is 0 Å². The third kappa shape index (κ3) is 0.986. The van der Waals surface area contributed by atoms with Crippen LogP contribution in [0.3, 0.4) is 0 Å². The van der Waals surface area contributed by atoms with Crippen molar-refractivity contribution in [3.05, 3.63) is 11.6 Å². The zero-order chi connectivity index (χ0) is 6.91. The molecule has 0 radical (unpaired) electrons. The Labute approximate surface area is 53.8 Å². The zero-order valence-electron chi connectivity index (χ0n) is 5.55. The molecule has 0 saturated carbocycles. The Balaban J connectivity index is 2.70. The van der Waals surface area contributed by atoms with Crippen molar-refractivity contribution in [1.82, 2.24) is 0 Å². The maximum absolute atomic E-state index is 8.33. The summed E-state index contributed by atoms with van der Waals surface area (Å²) >= 11 is 0. The first-order valence-electron chi connectivity index (χ1n) is 2.83. The van der Waals surface area contributed by atoms with Crippen LogP contribution in [0.4, 0.5) is 0 Å². The summed E-state index contributed by atoms with van der Waals surface area (Å²) in [5.41, 5.74) is 0.907. The first-order chi connectivity index (χ1) is 4.19. The number of rotatable bonds is 1. The molecule has 1 N–H and O–H groups in total. The monoisotopic (exact) mass is 130 g/mol. The number of ether oxygens (including phenoxy) is 1. The van der Waals surface area contributed by atoms with E-state index in [1.165, 1.54) is 0 Å². The summed E-state index contributed by atoms with van der Waals surface area (Å²) in [5.74, 6) is -0.889. The van der Waals surface area contributed by atoms with Crippen molar-refractivity contribution < 1.29 is 14.9 Å². The van der Waals surface area contributed by atoms with E-state index in [1.807, 2.05) is 13.0 Å². The fourth-order valence-electron chi connectivity index (χ4n) is 0.723. The molecule has 1 aliphatic rings. The normalized spacial score (nSPS) is 34.8. The van der Waals surface area contributed by atoms with Crippen molar-refractivity contribution in [1.29, 1.82) is 0 Å². The molecule has 1 rings (SSSR count). The first kappa shape index (κ1) is 6.74. The fraction of sp³-hybridized carbons (Fsp3) is 0.667. The molecule has 1 atom stereocenters. The van der Waals surface area contributed by atoms with Crippen molar-refractivity contribution in [3.8, 4) is 0 Å². The molecule has 0 aromatic carbocycles. The molecule has 0 aliphatic carbocycles. The standard InChI is InChI=1S/C6H10O3/c1-5-3-4-8-6(5,2)9-7/h3,7H,4H2,1-2H3. The Morgan fingerprint density at radius 1 is 1.89 bits per heavy atom. The average Bonchev–Trinajstić information content (AvgIpc) is 2.15. The average molecular weight is 130 g/mol. The maximum atomic E-state index is 8.33. The summed E-state index contributed by atoms with van der Waals surface area (Å²) in [5, 5.41) is 8.33. The lowest BCUT2D eigenvalue weighted by atomic mass is 10.1. The molecule has 0 saturated heterocycles. The van der Waals surface area contributed by atoms with Crippen molar-refractivity contribution >= 4 is 0 Å². The van der Waals surface area contributed by atoms with Crippen molar-refractivity contribution in [3.63, 3.8) is 0 Å². The van der Waals surface area contributed by atoms with Gasteiger partial charge in [-0.05, 0) is 19.4 Å². The molecule has 1 unspecified atom stereocenters. The van der Waals surface area contributed by atoms with Gasteiger partial charge in [-0.1, -0.05) is 6.08 Å². The molecule has 0 fully saturated rings. The molecule has 0 aromatic heterocycles. The lowest BCUT2D eigenvalue weighted by molar-refractivity contribution is -0.374. The molecular weight excluding hydrogens is 120 g/mol. The molecule has 0 spiro atoms. The third-order valence-corrected chi connectivity index (χ3v) is 1.64. The zero-order valence-corrected chi connectivity index (χ0v) is 5.55. The van der Waals surface area contributed by atoms with E-state index in [-0.39, 0.29) is 0 Å². The van der Waals surface area contributed by atoms with Crippen LogP contribution in [-0.2, 0) is 9.62 Å². The molecule has 0 bridgehead atoms. The Morgan fingerprint density at radius 2 is 2.56 bits per heavy atom. The van der Waals surface area contributed by atoms with Crippen LogP contribution in [0.2, 0.25) is 0 Å². The number of hydrogen-bond acceptors (Lipinski definition) is 3. The van der Waals surface area contributed by atoms with E-state index in [0.717, 1.165) is 5.57 Å². The van der Waals surface area contributed by atoms with Crippen LogP contribution in [-0.4, -0.2) is 17.7 Å². The van der Waals surface area contributed by atoms with Gasteiger partial charge in [-0.25, -0.2) is 5.26 Å². The lowest BCUT2D eigenvalue weighted by Crippen LogP contribution is -2.28. The summed E-state index contributed by atoms with van der Waals surface area (Å²) in [7, 11) is 0. The minimum absolute atomic E-state index is 0.517. The minimum atomic E-state index is -0.889. The molecule has 1 heterocycles. The van der Waals surface area contributed by atoms with Gasteiger partial charge in [0, 0.05) is 0 Å². The first-order valence-corrected chi connectivity index (χ1v) is 2.83. The van der Waals surface area contributed by atoms with Crippen LogP contribution in [0.1, 0.15) is 13.8 Å². The summed E-state index contributed by atoms with van der Waals surface area (Å²) < 4.78 is 5.04. The largest absolute Gasteiger partial charge is 0.340 e. The molecule has 3 heteroatoms. The number of hydrogen-bond donors (Lipinski definition) is 1. The smallest absolute Gasteiger partial charge is 0.220 e. The second kappa shape index (κ2) is 2.10. The van der Waals surface area contributed by atoms with Gasteiger partial charge in [-0.3, -0.25) is 0 Å². The second-order valence-corrected chi connectivity index (χ2v) is 2.24.